The SMILES string of the molecule is O=S(=O)(NCc1nnc(-c2ccc(Cl)cc2)o1)c1cccc(Cl)c1. The van der Waals surface area contributed by atoms with Gasteiger partial charge in [-0.1, -0.05) is 29.3 Å². The van der Waals surface area contributed by atoms with Crippen LogP contribution in [-0.4, -0.2) is 18.6 Å². The van der Waals surface area contributed by atoms with Gasteiger partial charge in [0.25, 0.3) is 0 Å². The molecule has 0 saturated carbocycles. The quantitative estimate of drug-likeness (QED) is 0.728. The molecular formula is C15H11Cl2N3O3S. The lowest BCUT2D eigenvalue weighted by molar-refractivity contribution is 0.494. The molecule has 24 heavy (non-hydrogen) atoms. The van der Waals surface area contributed by atoms with Crippen molar-refractivity contribution in [1.29, 1.82) is 0 Å². The van der Waals surface area contributed by atoms with E-state index in [1.165, 1.54) is 12.1 Å². The van der Waals surface area contributed by atoms with Crippen LogP contribution >= 0.6 is 23.2 Å². The van der Waals surface area contributed by atoms with E-state index in [1.807, 2.05) is 0 Å². The maximum Gasteiger partial charge on any atom is 0.247 e. The van der Waals surface area contributed by atoms with Gasteiger partial charge in [-0.3, -0.25) is 0 Å². The molecular weight excluding hydrogens is 373 g/mol. The van der Waals surface area contributed by atoms with Crippen LogP contribution < -0.4 is 4.72 Å². The Morgan fingerprint density at radius 2 is 1.75 bits per heavy atom. The summed E-state index contributed by atoms with van der Waals surface area (Å²) in [6, 6.07) is 12.8. The number of sulfonamides is 1. The summed E-state index contributed by atoms with van der Waals surface area (Å²) in [5.41, 5.74) is 0.691. The van der Waals surface area contributed by atoms with Gasteiger partial charge in [-0.25, -0.2) is 13.1 Å². The second kappa shape index (κ2) is 6.90. The van der Waals surface area contributed by atoms with Gasteiger partial charge in [0.15, 0.2) is 0 Å². The zero-order valence-corrected chi connectivity index (χ0v) is 14.4. The third-order valence-corrected chi connectivity index (χ3v) is 4.96. The normalized spacial score (nSPS) is 11.6. The van der Waals surface area contributed by atoms with Gasteiger partial charge in [0.1, 0.15) is 0 Å². The molecule has 1 aromatic heterocycles. The van der Waals surface area contributed by atoms with Crippen LogP contribution in [0.1, 0.15) is 5.89 Å². The second-order valence-corrected chi connectivity index (χ2v) is 7.43. The smallest absolute Gasteiger partial charge is 0.247 e. The fourth-order valence-electron chi connectivity index (χ4n) is 1.91. The predicted octanol–water partition coefficient (Wildman–Crippen LogP) is 3.52. The van der Waals surface area contributed by atoms with Crippen LogP contribution in [-0.2, 0) is 16.6 Å². The molecule has 124 valence electrons. The first-order valence-corrected chi connectivity index (χ1v) is 9.01. The van der Waals surface area contributed by atoms with Crippen LogP contribution in [0.2, 0.25) is 10.0 Å². The van der Waals surface area contributed by atoms with Crippen molar-refractivity contribution in [2.75, 3.05) is 0 Å². The van der Waals surface area contributed by atoms with E-state index in [2.05, 4.69) is 14.9 Å². The first kappa shape index (κ1) is 16.9. The van der Waals surface area contributed by atoms with Crippen LogP contribution in [0.15, 0.2) is 57.8 Å². The molecule has 0 atom stereocenters. The molecule has 0 aliphatic carbocycles. The summed E-state index contributed by atoms with van der Waals surface area (Å²) in [4.78, 5) is 0.0624. The van der Waals surface area contributed by atoms with E-state index in [0.717, 1.165) is 0 Å². The van der Waals surface area contributed by atoms with Crippen molar-refractivity contribution in [2.45, 2.75) is 11.4 Å². The minimum absolute atomic E-state index is 0.0624. The van der Waals surface area contributed by atoms with Gasteiger partial charge in [-0.15, -0.1) is 10.2 Å². The van der Waals surface area contributed by atoms with Crippen molar-refractivity contribution in [1.82, 2.24) is 14.9 Å². The molecule has 3 aromatic rings. The standard InChI is InChI=1S/C15H11Cl2N3O3S/c16-11-6-4-10(5-7-11)15-20-19-14(23-15)9-18-24(21,22)13-3-1-2-12(17)8-13/h1-8,18H,9H2. The molecule has 0 aliphatic heterocycles. The molecule has 6 nitrogen and oxygen atoms in total. The molecule has 1 heterocycles. The molecule has 0 radical (unpaired) electrons. The summed E-state index contributed by atoms with van der Waals surface area (Å²) < 4.78 is 32.2. The summed E-state index contributed by atoms with van der Waals surface area (Å²) in [7, 11) is -3.72. The van der Waals surface area contributed by atoms with Crippen LogP contribution in [0.25, 0.3) is 11.5 Å². The molecule has 0 aliphatic rings. The van der Waals surface area contributed by atoms with Crippen LogP contribution in [0.5, 0.6) is 0 Å². The average Bonchev–Trinajstić information content (AvgIpc) is 3.03. The van der Waals surface area contributed by atoms with Crippen molar-refractivity contribution in [3.63, 3.8) is 0 Å². The van der Waals surface area contributed by atoms with E-state index in [4.69, 9.17) is 27.6 Å². The molecule has 2 aromatic carbocycles. The van der Waals surface area contributed by atoms with Gasteiger partial charge in [0.2, 0.25) is 21.8 Å². The number of rotatable bonds is 5. The largest absolute Gasteiger partial charge is 0.419 e. The number of hydrogen-bond donors (Lipinski definition) is 1. The van der Waals surface area contributed by atoms with Crippen molar-refractivity contribution in [3.8, 4) is 11.5 Å². The third kappa shape index (κ3) is 3.93. The summed E-state index contributed by atoms with van der Waals surface area (Å²) in [6.45, 7) is -0.130. The maximum atomic E-state index is 12.2. The Hall–Kier alpha value is -1.93. The zero-order valence-electron chi connectivity index (χ0n) is 12.1. The summed E-state index contributed by atoms with van der Waals surface area (Å²) in [6.07, 6.45) is 0. The maximum absolute atomic E-state index is 12.2. The van der Waals surface area contributed by atoms with E-state index in [9.17, 15) is 8.42 Å². The highest BCUT2D eigenvalue weighted by molar-refractivity contribution is 7.89. The van der Waals surface area contributed by atoms with E-state index in [-0.39, 0.29) is 23.2 Å². The average molecular weight is 384 g/mol. The highest BCUT2D eigenvalue weighted by Gasteiger charge is 2.16. The Labute approximate surface area is 148 Å². The third-order valence-electron chi connectivity index (χ3n) is 3.08. The second-order valence-electron chi connectivity index (χ2n) is 4.79. The zero-order chi connectivity index (χ0) is 17.2. The van der Waals surface area contributed by atoms with Gasteiger partial charge in [-0.05, 0) is 42.5 Å². The lowest BCUT2D eigenvalue weighted by Gasteiger charge is -2.04. The first-order valence-electron chi connectivity index (χ1n) is 6.77. The molecule has 9 heteroatoms. The Kier molecular flexibility index (Phi) is 4.86. The van der Waals surface area contributed by atoms with E-state index < -0.39 is 10.0 Å². The molecule has 0 spiro atoms. The van der Waals surface area contributed by atoms with Gasteiger partial charge in [0, 0.05) is 15.6 Å². The monoisotopic (exact) mass is 383 g/mol. The predicted molar refractivity (Wildman–Crippen MR) is 90.2 cm³/mol. The molecule has 0 amide bonds. The lowest BCUT2D eigenvalue weighted by atomic mass is 10.2. The fraction of sp³-hybridized carbons (Fsp3) is 0.0667. The van der Waals surface area contributed by atoms with Gasteiger partial charge < -0.3 is 4.42 Å². The summed E-state index contributed by atoms with van der Waals surface area (Å²) >= 11 is 11.6. The number of nitrogens with zero attached hydrogens (tertiary/aromatic N) is 2. The molecule has 1 N–H and O–H groups in total. The highest BCUT2D eigenvalue weighted by Crippen LogP contribution is 2.20. The number of nitrogens with one attached hydrogen (secondary N) is 1. The van der Waals surface area contributed by atoms with Crippen molar-refractivity contribution in [3.05, 3.63) is 64.5 Å². The van der Waals surface area contributed by atoms with Crippen molar-refractivity contribution >= 4 is 33.2 Å². The molecule has 0 bridgehead atoms. The van der Waals surface area contributed by atoms with Crippen LogP contribution in [0.3, 0.4) is 0 Å². The van der Waals surface area contributed by atoms with Gasteiger partial charge in [-0.2, -0.15) is 0 Å². The Morgan fingerprint density at radius 3 is 2.46 bits per heavy atom. The number of benzene rings is 2. The van der Waals surface area contributed by atoms with Crippen molar-refractivity contribution < 1.29 is 12.8 Å². The van der Waals surface area contributed by atoms with E-state index in [0.29, 0.717) is 15.6 Å². The van der Waals surface area contributed by atoms with E-state index in [1.54, 1.807) is 36.4 Å². The summed E-state index contributed by atoms with van der Waals surface area (Å²) in [5.74, 6) is 0.425. The molecule has 0 saturated heterocycles. The first-order chi connectivity index (χ1) is 11.4. The van der Waals surface area contributed by atoms with Crippen molar-refractivity contribution in [2.24, 2.45) is 0 Å². The fourth-order valence-corrected chi connectivity index (χ4v) is 3.31. The van der Waals surface area contributed by atoms with Gasteiger partial charge in [0.05, 0.1) is 11.4 Å². The number of aromatic nitrogens is 2. The Bertz CT molecular complexity index is 956. The molecule has 0 unspecified atom stereocenters. The Balaban J connectivity index is 1.72. The minimum atomic E-state index is -3.72. The minimum Gasteiger partial charge on any atom is -0.419 e. The number of hydrogen-bond acceptors (Lipinski definition) is 5. The lowest BCUT2D eigenvalue weighted by Crippen LogP contribution is -2.23. The number of halogens is 2. The highest BCUT2D eigenvalue weighted by atomic mass is 35.5. The molecule has 0 fully saturated rings. The topological polar surface area (TPSA) is 85.1 Å². The molecule has 3 rings (SSSR count). The summed E-state index contributed by atoms with van der Waals surface area (Å²) in [5, 5.41) is 8.64. The van der Waals surface area contributed by atoms with Crippen LogP contribution in [0, 0.1) is 0 Å². The van der Waals surface area contributed by atoms with Gasteiger partial charge >= 0.3 is 0 Å². The van der Waals surface area contributed by atoms with E-state index >= 15 is 0 Å². The Morgan fingerprint density at radius 1 is 1.00 bits per heavy atom. The van der Waals surface area contributed by atoms with Crippen LogP contribution in [0.4, 0.5) is 0 Å².